The maximum Gasteiger partial charge on any atom is 0.314 e. The first-order valence-electron chi connectivity index (χ1n) is 9.37. The average Bonchev–Trinajstić information content (AvgIpc) is 2.58. The van der Waals surface area contributed by atoms with Crippen LogP contribution in [-0.4, -0.2) is 56.2 Å². The van der Waals surface area contributed by atoms with E-state index in [1.54, 1.807) is 7.05 Å². The number of piperidine rings is 1. The van der Waals surface area contributed by atoms with E-state index in [2.05, 4.69) is 22.5 Å². The molecule has 3 aliphatic rings. The molecule has 2 N–H and O–H groups in total. The lowest BCUT2D eigenvalue weighted by Gasteiger charge is -2.47. The first-order valence-corrected chi connectivity index (χ1v) is 9.37. The lowest BCUT2D eigenvalue weighted by Crippen LogP contribution is -2.51. The molecule has 3 fully saturated rings. The highest BCUT2D eigenvalue weighted by Crippen LogP contribution is 2.42. The van der Waals surface area contributed by atoms with Gasteiger partial charge in [0.15, 0.2) is 0 Å². The number of rotatable bonds is 3. The molecular formula is C18H31N3O3. The monoisotopic (exact) mass is 337 g/mol. The Hall–Kier alpha value is -1.30. The van der Waals surface area contributed by atoms with Crippen LogP contribution in [0.5, 0.6) is 0 Å². The normalized spacial score (nSPS) is 32.1. The maximum atomic E-state index is 12.5. The van der Waals surface area contributed by atoms with Crippen molar-refractivity contribution in [1.29, 1.82) is 0 Å². The van der Waals surface area contributed by atoms with Crippen LogP contribution < -0.4 is 10.6 Å². The van der Waals surface area contributed by atoms with E-state index >= 15 is 0 Å². The van der Waals surface area contributed by atoms with Crippen LogP contribution in [0.2, 0.25) is 0 Å². The lowest BCUT2D eigenvalue weighted by molar-refractivity contribution is -0.145. The number of ether oxygens (including phenoxy) is 1. The molecule has 6 heteroatoms. The van der Waals surface area contributed by atoms with Gasteiger partial charge in [0.2, 0.25) is 5.91 Å². The predicted molar refractivity (Wildman–Crippen MR) is 91.6 cm³/mol. The molecule has 24 heavy (non-hydrogen) atoms. The van der Waals surface area contributed by atoms with Crippen LogP contribution in [0.15, 0.2) is 0 Å². The fourth-order valence-corrected chi connectivity index (χ4v) is 4.33. The minimum absolute atomic E-state index is 0.115. The summed E-state index contributed by atoms with van der Waals surface area (Å²) in [5.74, 6) is 1.39. The first kappa shape index (κ1) is 17.5. The van der Waals surface area contributed by atoms with Crippen molar-refractivity contribution < 1.29 is 14.3 Å². The topological polar surface area (TPSA) is 70.7 Å². The van der Waals surface area contributed by atoms with Gasteiger partial charge in [-0.05, 0) is 49.9 Å². The molecule has 3 rings (SSSR count). The zero-order chi connectivity index (χ0) is 17.2. The number of carbonyl (C=O) groups is 2. The molecule has 6 nitrogen and oxygen atoms in total. The van der Waals surface area contributed by atoms with Gasteiger partial charge in [-0.3, -0.25) is 4.79 Å². The Morgan fingerprint density at radius 2 is 1.92 bits per heavy atom. The molecule has 1 aliphatic carbocycles. The third kappa shape index (κ3) is 3.85. The Bertz CT molecular complexity index is 458. The second-order valence-electron chi connectivity index (χ2n) is 8.03. The van der Waals surface area contributed by atoms with Crippen LogP contribution in [0.3, 0.4) is 0 Å². The van der Waals surface area contributed by atoms with Crippen molar-refractivity contribution in [3.05, 3.63) is 0 Å². The van der Waals surface area contributed by atoms with Crippen molar-refractivity contribution in [1.82, 2.24) is 15.5 Å². The lowest BCUT2D eigenvalue weighted by atomic mass is 9.72. The molecule has 1 spiro atoms. The predicted octanol–water partition coefficient (Wildman–Crippen LogP) is 1.75. The van der Waals surface area contributed by atoms with Crippen molar-refractivity contribution in [3.8, 4) is 0 Å². The van der Waals surface area contributed by atoms with E-state index in [0.717, 1.165) is 64.1 Å². The molecule has 2 heterocycles. The minimum Gasteiger partial charge on any atom is -0.376 e. The molecular weight excluding hydrogens is 306 g/mol. The van der Waals surface area contributed by atoms with E-state index in [0.29, 0.717) is 12.5 Å². The van der Waals surface area contributed by atoms with Gasteiger partial charge in [-0.15, -0.1) is 0 Å². The quantitative estimate of drug-likeness (QED) is 0.824. The summed E-state index contributed by atoms with van der Waals surface area (Å²) >= 11 is 0. The smallest absolute Gasteiger partial charge is 0.314 e. The summed E-state index contributed by atoms with van der Waals surface area (Å²) in [5, 5.41) is 5.37. The van der Waals surface area contributed by atoms with Crippen LogP contribution >= 0.6 is 0 Å². The van der Waals surface area contributed by atoms with Gasteiger partial charge in [0.25, 0.3) is 0 Å². The highest BCUT2D eigenvalue weighted by molar-refractivity contribution is 5.79. The summed E-state index contributed by atoms with van der Waals surface area (Å²) < 4.78 is 6.01. The summed E-state index contributed by atoms with van der Waals surface area (Å²) in [6.45, 7) is 5.32. The van der Waals surface area contributed by atoms with E-state index in [9.17, 15) is 9.59 Å². The first-order chi connectivity index (χ1) is 11.5. The van der Waals surface area contributed by atoms with Crippen molar-refractivity contribution >= 4 is 11.9 Å². The molecule has 0 aromatic carbocycles. The summed E-state index contributed by atoms with van der Waals surface area (Å²) in [5.41, 5.74) is 0.243. The summed E-state index contributed by atoms with van der Waals surface area (Å²) in [4.78, 5) is 25.8. The highest BCUT2D eigenvalue weighted by atomic mass is 16.5. The van der Waals surface area contributed by atoms with Gasteiger partial charge in [-0.1, -0.05) is 6.92 Å². The van der Waals surface area contributed by atoms with E-state index in [1.165, 1.54) is 0 Å². The van der Waals surface area contributed by atoms with Crippen molar-refractivity contribution in [2.75, 3.05) is 33.3 Å². The summed E-state index contributed by atoms with van der Waals surface area (Å²) in [6.07, 6.45) is 6.48. The number of urea groups is 1. The van der Waals surface area contributed by atoms with Crippen LogP contribution in [0.4, 0.5) is 4.79 Å². The van der Waals surface area contributed by atoms with Gasteiger partial charge in [0.05, 0.1) is 12.7 Å². The van der Waals surface area contributed by atoms with Gasteiger partial charge in [-0.2, -0.15) is 0 Å². The van der Waals surface area contributed by atoms with E-state index in [-0.39, 0.29) is 23.5 Å². The number of likely N-dealkylation sites (tertiary alicyclic amines) is 1. The Labute approximate surface area is 144 Å². The number of hydrogen-bond donors (Lipinski definition) is 2. The maximum absolute atomic E-state index is 12.5. The zero-order valence-corrected chi connectivity index (χ0v) is 15.0. The van der Waals surface area contributed by atoms with Gasteiger partial charge >= 0.3 is 6.03 Å². The minimum atomic E-state index is -0.156. The largest absolute Gasteiger partial charge is 0.376 e. The highest BCUT2D eigenvalue weighted by Gasteiger charge is 2.42. The number of nitrogens with zero attached hydrogens (tertiary/aromatic N) is 1. The molecule has 0 aromatic heterocycles. The summed E-state index contributed by atoms with van der Waals surface area (Å²) in [7, 11) is 1.62. The third-order valence-electron chi connectivity index (χ3n) is 6.20. The Balaban J connectivity index is 1.40. The van der Waals surface area contributed by atoms with Crippen molar-refractivity contribution in [2.45, 2.75) is 51.6 Å². The molecule has 1 unspecified atom stereocenters. The van der Waals surface area contributed by atoms with Gasteiger partial charge in [-0.25, -0.2) is 4.79 Å². The Kier molecular flexibility index (Phi) is 5.33. The molecule has 3 amide bonds. The second-order valence-corrected chi connectivity index (χ2v) is 8.03. The van der Waals surface area contributed by atoms with Gasteiger partial charge in [0.1, 0.15) is 0 Å². The SMILES string of the molecule is CNC(=O)NCC1CCC2(CCN(C(=O)C3CC(C)C3)CC2)CO1. The Morgan fingerprint density at radius 1 is 1.21 bits per heavy atom. The van der Waals surface area contributed by atoms with E-state index in [4.69, 9.17) is 4.74 Å². The number of amides is 3. The van der Waals surface area contributed by atoms with Crippen molar-refractivity contribution in [3.63, 3.8) is 0 Å². The third-order valence-corrected chi connectivity index (χ3v) is 6.20. The number of carbonyl (C=O) groups excluding carboxylic acids is 2. The second kappa shape index (κ2) is 7.30. The van der Waals surface area contributed by atoms with Crippen LogP contribution in [0, 0.1) is 17.3 Å². The van der Waals surface area contributed by atoms with E-state index in [1.807, 2.05) is 0 Å². The molecule has 2 saturated heterocycles. The summed E-state index contributed by atoms with van der Waals surface area (Å²) in [6, 6.07) is -0.156. The zero-order valence-electron chi connectivity index (χ0n) is 15.0. The van der Waals surface area contributed by atoms with Crippen LogP contribution in [-0.2, 0) is 9.53 Å². The average molecular weight is 337 g/mol. The van der Waals surface area contributed by atoms with Crippen LogP contribution in [0.25, 0.3) is 0 Å². The number of nitrogens with one attached hydrogen (secondary N) is 2. The molecule has 2 aliphatic heterocycles. The van der Waals surface area contributed by atoms with Crippen molar-refractivity contribution in [2.24, 2.45) is 17.3 Å². The molecule has 1 saturated carbocycles. The molecule has 136 valence electrons. The van der Waals surface area contributed by atoms with Crippen LogP contribution in [0.1, 0.15) is 45.4 Å². The number of hydrogen-bond acceptors (Lipinski definition) is 3. The molecule has 0 aromatic rings. The van der Waals surface area contributed by atoms with Gasteiger partial charge in [0, 0.05) is 32.6 Å². The van der Waals surface area contributed by atoms with E-state index < -0.39 is 0 Å². The molecule has 0 radical (unpaired) electrons. The standard InChI is InChI=1S/C18H31N3O3/c1-13-9-14(10-13)16(22)21-7-5-18(6-8-21)4-3-15(24-12-18)11-20-17(23)19-2/h13-15H,3-12H2,1-2H3,(H2,19,20,23). The Morgan fingerprint density at radius 3 is 2.46 bits per heavy atom. The molecule has 1 atom stereocenters. The fourth-order valence-electron chi connectivity index (χ4n) is 4.33. The van der Waals surface area contributed by atoms with Gasteiger partial charge < -0.3 is 20.3 Å². The fraction of sp³-hybridized carbons (Fsp3) is 0.889. The molecule has 0 bridgehead atoms.